The van der Waals surface area contributed by atoms with Crippen molar-refractivity contribution in [2.24, 2.45) is 0 Å². The smallest absolute Gasteiger partial charge is 0.0623 e. The van der Waals surface area contributed by atoms with Crippen LogP contribution < -0.4 is 10.4 Å². The third kappa shape index (κ3) is 4.27. The molecule has 0 amide bonds. The molecule has 1 heteroatoms. The molecule has 8 aromatic carbocycles. The second-order valence-corrected chi connectivity index (χ2v) is 18.2. The molecule has 47 heavy (non-hydrogen) atoms. The molecule has 1 heterocycles. The number of aryl methyl sites for hydroxylation is 2. The highest BCUT2D eigenvalue weighted by atomic mass is 28.3. The van der Waals surface area contributed by atoms with E-state index in [1.807, 2.05) is 0 Å². The van der Waals surface area contributed by atoms with E-state index in [1.54, 1.807) is 10.4 Å². The van der Waals surface area contributed by atoms with E-state index in [9.17, 15) is 0 Å². The molecular weight excluding hydrogens is 581 g/mol. The van der Waals surface area contributed by atoms with Crippen LogP contribution in [0.4, 0.5) is 0 Å². The van der Waals surface area contributed by atoms with Crippen molar-refractivity contribution in [1.82, 2.24) is 0 Å². The molecule has 0 radical (unpaired) electrons. The van der Waals surface area contributed by atoms with Crippen molar-refractivity contribution < 1.29 is 0 Å². The third-order valence-electron chi connectivity index (χ3n) is 10.6. The Morgan fingerprint density at radius 2 is 0.915 bits per heavy atom. The summed E-state index contributed by atoms with van der Waals surface area (Å²) in [6.07, 6.45) is 0. The quantitative estimate of drug-likeness (QED) is 0.137. The van der Waals surface area contributed by atoms with Crippen LogP contribution in [-0.4, -0.2) is 8.07 Å². The molecule has 0 bridgehead atoms. The molecular formula is C46H36Si. The van der Waals surface area contributed by atoms with Gasteiger partial charge in [0.15, 0.2) is 0 Å². The first-order chi connectivity index (χ1) is 22.9. The highest BCUT2D eigenvalue weighted by molar-refractivity contribution is 7.04. The minimum Gasteiger partial charge on any atom is -0.0623 e. The van der Waals surface area contributed by atoms with Gasteiger partial charge in [0, 0.05) is 0 Å². The van der Waals surface area contributed by atoms with Crippen LogP contribution in [0.5, 0.6) is 0 Å². The molecule has 0 aromatic heterocycles. The summed E-state index contributed by atoms with van der Waals surface area (Å²) in [6.45, 7) is 9.40. The largest absolute Gasteiger partial charge is 0.113 e. The summed E-state index contributed by atoms with van der Waals surface area (Å²) in [5, 5.41) is 10.9. The molecule has 1 aliphatic rings. The zero-order chi connectivity index (χ0) is 31.9. The Labute approximate surface area is 278 Å². The van der Waals surface area contributed by atoms with Crippen molar-refractivity contribution in [1.29, 1.82) is 0 Å². The predicted molar refractivity (Wildman–Crippen MR) is 207 cm³/mol. The molecule has 9 rings (SSSR count). The second kappa shape index (κ2) is 10.4. The maximum atomic E-state index is 2.59. The van der Waals surface area contributed by atoms with Crippen molar-refractivity contribution in [2.75, 3.05) is 0 Å². The first-order valence-electron chi connectivity index (χ1n) is 16.7. The Balaban J connectivity index is 1.47. The summed E-state index contributed by atoms with van der Waals surface area (Å²) in [6, 6.07) is 55.2. The van der Waals surface area contributed by atoms with Gasteiger partial charge < -0.3 is 0 Å². The van der Waals surface area contributed by atoms with Crippen molar-refractivity contribution in [3.8, 4) is 44.5 Å². The Bertz CT molecular complexity index is 2530. The predicted octanol–water partition coefficient (Wildman–Crippen LogP) is 11.6. The fourth-order valence-electron chi connectivity index (χ4n) is 8.13. The third-order valence-corrected chi connectivity index (χ3v) is 14.1. The van der Waals surface area contributed by atoms with Crippen LogP contribution in [0.3, 0.4) is 0 Å². The SMILES string of the molecule is Cc1ccc(-c2c3ccc(-c4cccc5ccccc45)cc3c(-c3ccc(C)cc3)c3cc4c(cc23)-c2ccccc2[Si]4(C)C)cc1. The van der Waals surface area contributed by atoms with Crippen LogP contribution in [0, 0.1) is 13.8 Å². The fourth-order valence-corrected chi connectivity index (χ4v) is 11.2. The van der Waals surface area contributed by atoms with Gasteiger partial charge in [-0.1, -0.05) is 158 Å². The molecule has 0 aliphatic carbocycles. The number of benzene rings is 8. The molecule has 0 atom stereocenters. The lowest BCUT2D eigenvalue weighted by Crippen LogP contribution is -2.49. The molecule has 0 nitrogen and oxygen atoms in total. The summed E-state index contributed by atoms with van der Waals surface area (Å²) >= 11 is 0. The zero-order valence-electron chi connectivity index (χ0n) is 27.4. The topological polar surface area (TPSA) is 0 Å². The monoisotopic (exact) mass is 616 g/mol. The summed E-state index contributed by atoms with van der Waals surface area (Å²) in [7, 11) is -1.90. The average Bonchev–Trinajstić information content (AvgIpc) is 3.32. The van der Waals surface area contributed by atoms with E-state index in [4.69, 9.17) is 0 Å². The standard InChI is InChI=1S/C46H36Si/c1-29-16-20-32(21-17-29)45-38-25-24-34(36-14-9-11-31-10-5-6-12-35(31)36)26-40(38)46(33-22-18-30(2)19-23-33)42-28-44-39(27-41(42)45)37-13-7-8-15-43(37)47(44,3)4/h5-28H,1-4H3. The Hall–Kier alpha value is -5.24. The fraction of sp³-hybridized carbons (Fsp3) is 0.0870. The van der Waals surface area contributed by atoms with Crippen molar-refractivity contribution in [2.45, 2.75) is 26.9 Å². The Kier molecular flexibility index (Phi) is 6.19. The van der Waals surface area contributed by atoms with Gasteiger partial charge in [0.25, 0.3) is 0 Å². The van der Waals surface area contributed by atoms with Gasteiger partial charge in [-0.25, -0.2) is 0 Å². The number of rotatable bonds is 3. The lowest BCUT2D eigenvalue weighted by atomic mass is 9.83. The van der Waals surface area contributed by atoms with Crippen LogP contribution in [0.25, 0.3) is 76.8 Å². The molecule has 0 N–H and O–H groups in total. The number of hydrogen-bond donors (Lipinski definition) is 0. The van der Waals surface area contributed by atoms with Gasteiger partial charge in [0.05, 0.1) is 0 Å². The van der Waals surface area contributed by atoms with Crippen LogP contribution >= 0.6 is 0 Å². The summed E-state index contributed by atoms with van der Waals surface area (Å²) in [5.41, 5.74) is 13.1. The van der Waals surface area contributed by atoms with Gasteiger partial charge in [-0.2, -0.15) is 0 Å². The molecule has 0 unspecified atom stereocenters. The summed E-state index contributed by atoms with van der Waals surface area (Å²) in [5.74, 6) is 0. The van der Waals surface area contributed by atoms with Crippen molar-refractivity contribution in [3.05, 3.63) is 157 Å². The second-order valence-electron chi connectivity index (χ2n) is 13.9. The average molecular weight is 617 g/mol. The molecule has 0 fully saturated rings. The van der Waals surface area contributed by atoms with Gasteiger partial charge in [-0.3, -0.25) is 0 Å². The maximum Gasteiger partial charge on any atom is 0.113 e. The molecule has 8 aromatic rings. The lowest BCUT2D eigenvalue weighted by Gasteiger charge is -2.23. The van der Waals surface area contributed by atoms with Crippen molar-refractivity contribution >= 4 is 50.8 Å². The van der Waals surface area contributed by atoms with Crippen LogP contribution in [-0.2, 0) is 0 Å². The van der Waals surface area contributed by atoms with Gasteiger partial charge in [0.2, 0.25) is 0 Å². The summed E-state index contributed by atoms with van der Waals surface area (Å²) < 4.78 is 0. The molecule has 0 saturated carbocycles. The summed E-state index contributed by atoms with van der Waals surface area (Å²) in [4.78, 5) is 0. The van der Waals surface area contributed by atoms with E-state index in [1.165, 1.54) is 88.0 Å². The highest BCUT2D eigenvalue weighted by Crippen LogP contribution is 2.47. The normalized spacial score (nSPS) is 13.3. The zero-order valence-corrected chi connectivity index (χ0v) is 28.4. The Morgan fingerprint density at radius 1 is 0.362 bits per heavy atom. The van der Waals surface area contributed by atoms with E-state index in [0.717, 1.165) is 0 Å². The first kappa shape index (κ1) is 28.0. The molecule has 1 aliphatic heterocycles. The molecule has 0 spiro atoms. The van der Waals surface area contributed by atoms with Gasteiger partial charge in [0.1, 0.15) is 8.07 Å². The van der Waals surface area contributed by atoms with E-state index in [0.29, 0.717) is 0 Å². The van der Waals surface area contributed by atoms with Gasteiger partial charge in [-0.05, 0) is 113 Å². The minimum atomic E-state index is -1.90. The van der Waals surface area contributed by atoms with Gasteiger partial charge in [-0.15, -0.1) is 0 Å². The van der Waals surface area contributed by atoms with Gasteiger partial charge >= 0.3 is 0 Å². The van der Waals surface area contributed by atoms with E-state index >= 15 is 0 Å². The van der Waals surface area contributed by atoms with Crippen molar-refractivity contribution in [3.63, 3.8) is 0 Å². The minimum absolute atomic E-state index is 1.25. The van der Waals surface area contributed by atoms with Crippen LogP contribution in [0.1, 0.15) is 11.1 Å². The maximum absolute atomic E-state index is 2.59. The van der Waals surface area contributed by atoms with Crippen LogP contribution in [0.2, 0.25) is 13.1 Å². The molecule has 224 valence electrons. The van der Waals surface area contributed by atoms with E-state index < -0.39 is 8.07 Å². The molecule has 0 saturated heterocycles. The van der Waals surface area contributed by atoms with E-state index in [-0.39, 0.29) is 0 Å². The Morgan fingerprint density at radius 3 is 1.66 bits per heavy atom. The first-order valence-corrected chi connectivity index (χ1v) is 19.7. The lowest BCUT2D eigenvalue weighted by molar-refractivity contribution is 1.47. The van der Waals surface area contributed by atoms with Crippen LogP contribution in [0.15, 0.2) is 146 Å². The van der Waals surface area contributed by atoms with E-state index in [2.05, 4.69) is 173 Å². The highest BCUT2D eigenvalue weighted by Gasteiger charge is 2.38. The number of fused-ring (bicyclic) bond motifs is 6. The number of hydrogen-bond acceptors (Lipinski definition) is 0.